The van der Waals surface area contributed by atoms with Crippen molar-refractivity contribution < 1.29 is 19.4 Å². The molecular formula is C21H26N2O4. The molecule has 3 rings (SSSR count). The quantitative estimate of drug-likeness (QED) is 0.728. The molecule has 0 fully saturated rings. The summed E-state index contributed by atoms with van der Waals surface area (Å²) in [5.41, 5.74) is 0.480. The zero-order valence-electron chi connectivity index (χ0n) is 16.1. The van der Waals surface area contributed by atoms with Crippen LogP contribution in [0.25, 0.3) is 0 Å². The van der Waals surface area contributed by atoms with Gasteiger partial charge in [0.1, 0.15) is 11.5 Å². The smallest absolute Gasteiger partial charge is 0.297 e. The Morgan fingerprint density at radius 2 is 1.89 bits per heavy atom. The van der Waals surface area contributed by atoms with E-state index in [1.165, 1.54) is 0 Å². The number of methoxy groups -OCH3 is 1. The maximum atomic E-state index is 12.8. The van der Waals surface area contributed by atoms with E-state index < -0.39 is 17.1 Å². The molecule has 1 aliphatic rings. The van der Waals surface area contributed by atoms with Gasteiger partial charge in [0.15, 0.2) is 0 Å². The van der Waals surface area contributed by atoms with E-state index in [1.807, 2.05) is 45.0 Å². The van der Waals surface area contributed by atoms with Gasteiger partial charge in [-0.15, -0.1) is 0 Å². The van der Waals surface area contributed by atoms with Crippen LogP contribution in [-0.2, 0) is 4.79 Å². The summed E-state index contributed by atoms with van der Waals surface area (Å²) in [5.74, 6) is -1.44. The number of anilines is 1. The maximum absolute atomic E-state index is 12.8. The van der Waals surface area contributed by atoms with Crippen molar-refractivity contribution in [1.82, 2.24) is 5.32 Å². The van der Waals surface area contributed by atoms with Gasteiger partial charge in [-0.25, -0.2) is 0 Å². The first-order valence-corrected chi connectivity index (χ1v) is 9.02. The van der Waals surface area contributed by atoms with Crippen molar-refractivity contribution in [3.63, 3.8) is 0 Å². The van der Waals surface area contributed by atoms with Crippen LogP contribution >= 0.6 is 0 Å². The molecule has 144 valence electrons. The number of nitrogens with one attached hydrogen (secondary N) is 2. The van der Waals surface area contributed by atoms with Crippen LogP contribution in [0.15, 0.2) is 48.5 Å². The Hall–Kier alpha value is -2.57. The first-order valence-electron chi connectivity index (χ1n) is 9.02. The van der Waals surface area contributed by atoms with Gasteiger partial charge in [-0.1, -0.05) is 45.0 Å². The summed E-state index contributed by atoms with van der Waals surface area (Å²) in [6.45, 7) is 6.28. The minimum absolute atomic E-state index is 0.339. The predicted molar refractivity (Wildman–Crippen MR) is 104 cm³/mol. The summed E-state index contributed by atoms with van der Waals surface area (Å²) in [5, 5.41) is 17.5. The summed E-state index contributed by atoms with van der Waals surface area (Å²) >= 11 is 0. The Morgan fingerprint density at radius 3 is 2.52 bits per heavy atom. The van der Waals surface area contributed by atoms with E-state index in [0.717, 1.165) is 11.3 Å². The van der Waals surface area contributed by atoms with Gasteiger partial charge in [-0.05, 0) is 36.4 Å². The Labute approximate surface area is 159 Å². The highest BCUT2D eigenvalue weighted by Gasteiger charge is 2.58. The second-order valence-corrected chi connectivity index (χ2v) is 7.18. The minimum atomic E-state index is -2.05. The standard InChI is InChI=1S/C21H26N2O4/c1-5-22-18(14-10-12-15(26-4)13-11-14)20(2,3)21(25)19(24)23-16-8-6-7-9-17(16)27-21/h6-13,18,22,25H,5H2,1-4H3,(H,23,24). The van der Waals surface area contributed by atoms with Gasteiger partial charge in [0.2, 0.25) is 0 Å². The SMILES string of the molecule is CCNC(c1ccc(OC)cc1)C(C)(C)C1(O)Oc2ccccc2NC1=O. The molecule has 6 nitrogen and oxygen atoms in total. The van der Waals surface area contributed by atoms with Crippen molar-refractivity contribution in [3.05, 3.63) is 54.1 Å². The number of benzene rings is 2. The number of fused-ring (bicyclic) bond motifs is 1. The first kappa shape index (κ1) is 19.2. The summed E-state index contributed by atoms with van der Waals surface area (Å²) in [7, 11) is 1.61. The van der Waals surface area contributed by atoms with E-state index in [4.69, 9.17) is 9.47 Å². The molecule has 2 unspecified atom stereocenters. The lowest BCUT2D eigenvalue weighted by atomic mass is 9.72. The molecule has 1 heterocycles. The number of rotatable bonds is 6. The second-order valence-electron chi connectivity index (χ2n) is 7.18. The van der Waals surface area contributed by atoms with Crippen LogP contribution in [0.2, 0.25) is 0 Å². The Balaban J connectivity index is 2.01. The lowest BCUT2D eigenvalue weighted by molar-refractivity contribution is -0.217. The van der Waals surface area contributed by atoms with Crippen LogP contribution in [0.4, 0.5) is 5.69 Å². The fraction of sp³-hybridized carbons (Fsp3) is 0.381. The van der Waals surface area contributed by atoms with E-state index >= 15 is 0 Å². The molecule has 2 atom stereocenters. The molecule has 1 amide bonds. The number of hydrogen-bond acceptors (Lipinski definition) is 5. The molecule has 0 aromatic heterocycles. The maximum Gasteiger partial charge on any atom is 0.297 e. The second kappa shape index (κ2) is 7.21. The third kappa shape index (κ3) is 3.26. The molecular weight excluding hydrogens is 344 g/mol. The van der Waals surface area contributed by atoms with Crippen molar-refractivity contribution in [3.8, 4) is 11.5 Å². The Kier molecular flexibility index (Phi) is 5.13. The highest BCUT2D eigenvalue weighted by atomic mass is 16.6. The number of ether oxygens (including phenoxy) is 2. The molecule has 1 aliphatic heterocycles. The van der Waals surface area contributed by atoms with Crippen molar-refractivity contribution in [1.29, 1.82) is 0 Å². The topological polar surface area (TPSA) is 79.8 Å². The van der Waals surface area contributed by atoms with Crippen LogP contribution in [0.5, 0.6) is 11.5 Å². The lowest BCUT2D eigenvalue weighted by Crippen LogP contribution is -2.63. The van der Waals surface area contributed by atoms with Gasteiger partial charge in [0.05, 0.1) is 18.2 Å². The molecule has 0 saturated heterocycles. The summed E-state index contributed by atoms with van der Waals surface area (Å²) in [6.07, 6.45) is 0. The summed E-state index contributed by atoms with van der Waals surface area (Å²) < 4.78 is 11.1. The van der Waals surface area contributed by atoms with E-state index in [2.05, 4.69) is 10.6 Å². The zero-order chi connectivity index (χ0) is 19.7. The fourth-order valence-electron chi connectivity index (χ4n) is 3.48. The molecule has 3 N–H and O–H groups in total. The third-order valence-electron chi connectivity index (χ3n) is 5.15. The number of carbonyl (C=O) groups is 1. The van der Waals surface area contributed by atoms with Crippen molar-refractivity contribution in [2.75, 3.05) is 19.0 Å². The third-order valence-corrected chi connectivity index (χ3v) is 5.15. The van der Waals surface area contributed by atoms with Crippen molar-refractivity contribution >= 4 is 11.6 Å². The average molecular weight is 370 g/mol. The van der Waals surface area contributed by atoms with Crippen molar-refractivity contribution in [2.24, 2.45) is 5.41 Å². The molecule has 27 heavy (non-hydrogen) atoms. The van der Waals surface area contributed by atoms with Crippen molar-refractivity contribution in [2.45, 2.75) is 32.6 Å². The van der Waals surface area contributed by atoms with E-state index in [9.17, 15) is 9.90 Å². The van der Waals surface area contributed by atoms with E-state index in [-0.39, 0.29) is 6.04 Å². The Bertz CT molecular complexity index is 819. The largest absolute Gasteiger partial charge is 0.497 e. The van der Waals surface area contributed by atoms with Gasteiger partial charge in [-0.3, -0.25) is 4.79 Å². The molecule has 0 saturated carbocycles. The predicted octanol–water partition coefficient (Wildman–Crippen LogP) is 3.09. The molecule has 2 aromatic carbocycles. The number of hydrogen-bond donors (Lipinski definition) is 3. The monoisotopic (exact) mass is 370 g/mol. The van der Waals surface area contributed by atoms with Crippen LogP contribution in [0.1, 0.15) is 32.4 Å². The highest BCUT2D eigenvalue weighted by Crippen LogP contribution is 2.47. The van der Waals surface area contributed by atoms with E-state index in [1.54, 1.807) is 31.4 Å². The van der Waals surface area contributed by atoms with Crippen LogP contribution < -0.4 is 20.1 Å². The number of carbonyl (C=O) groups excluding carboxylic acids is 1. The number of amides is 1. The molecule has 0 bridgehead atoms. The minimum Gasteiger partial charge on any atom is -0.497 e. The van der Waals surface area contributed by atoms with Gasteiger partial charge < -0.3 is 25.2 Å². The molecule has 6 heteroatoms. The van der Waals surface area contributed by atoms with Gasteiger partial charge in [0.25, 0.3) is 11.7 Å². The molecule has 2 aromatic rings. The highest BCUT2D eigenvalue weighted by molar-refractivity contribution is 6.00. The van der Waals surface area contributed by atoms with E-state index in [0.29, 0.717) is 18.0 Å². The lowest BCUT2D eigenvalue weighted by Gasteiger charge is -2.47. The van der Waals surface area contributed by atoms with Gasteiger partial charge in [0, 0.05) is 6.04 Å². The van der Waals surface area contributed by atoms with Gasteiger partial charge >= 0.3 is 0 Å². The zero-order valence-corrected chi connectivity index (χ0v) is 16.1. The van der Waals surface area contributed by atoms with Crippen LogP contribution in [0.3, 0.4) is 0 Å². The summed E-state index contributed by atoms with van der Waals surface area (Å²) in [6, 6.07) is 14.3. The average Bonchev–Trinajstić information content (AvgIpc) is 2.67. The first-order chi connectivity index (χ1) is 12.8. The number of para-hydroxylation sites is 2. The molecule has 0 radical (unpaired) electrons. The van der Waals surface area contributed by atoms with Crippen LogP contribution in [-0.4, -0.2) is 30.5 Å². The Morgan fingerprint density at radius 1 is 1.22 bits per heavy atom. The van der Waals surface area contributed by atoms with Gasteiger partial charge in [-0.2, -0.15) is 0 Å². The molecule has 0 spiro atoms. The van der Waals surface area contributed by atoms with Crippen LogP contribution in [0, 0.1) is 5.41 Å². The fourth-order valence-corrected chi connectivity index (χ4v) is 3.48. The molecule has 0 aliphatic carbocycles. The summed E-state index contributed by atoms with van der Waals surface area (Å²) in [4.78, 5) is 12.8. The normalized spacial score (nSPS) is 20.3. The number of aliphatic hydroxyl groups is 1.